The van der Waals surface area contributed by atoms with Crippen LogP contribution in [-0.4, -0.2) is 54.0 Å². The lowest BCUT2D eigenvalue weighted by atomic mass is 9.80. The standard InChI is InChI=1S/C26H31N7O/c1-25(2,34)17-32-13-19(11-29-32)18-6-7-24-28-12-22(33(24)14-18)21-4-3-5-23(31-21)30-20-8-9-26(10-20)15-27-16-26/h3-7,11-14,20,27,34H,8-10,15-17H2,1-2H3,(H,30,31). The summed E-state index contributed by atoms with van der Waals surface area (Å²) in [6, 6.07) is 10.7. The van der Waals surface area contributed by atoms with E-state index in [1.165, 1.54) is 19.3 Å². The first-order valence-corrected chi connectivity index (χ1v) is 12.0. The third-order valence-corrected chi connectivity index (χ3v) is 7.09. The zero-order valence-corrected chi connectivity index (χ0v) is 19.7. The van der Waals surface area contributed by atoms with Crippen molar-refractivity contribution in [2.24, 2.45) is 5.41 Å². The summed E-state index contributed by atoms with van der Waals surface area (Å²) in [7, 11) is 0. The Morgan fingerprint density at radius 1 is 1.15 bits per heavy atom. The van der Waals surface area contributed by atoms with Crippen LogP contribution in [0.5, 0.6) is 0 Å². The fourth-order valence-corrected chi connectivity index (χ4v) is 5.33. The number of fused-ring (bicyclic) bond motifs is 1. The van der Waals surface area contributed by atoms with E-state index in [0.717, 1.165) is 47.1 Å². The maximum Gasteiger partial charge on any atom is 0.137 e. The lowest BCUT2D eigenvalue weighted by Crippen LogP contribution is -2.52. The number of aliphatic hydroxyl groups is 1. The van der Waals surface area contributed by atoms with E-state index in [9.17, 15) is 5.11 Å². The summed E-state index contributed by atoms with van der Waals surface area (Å²) < 4.78 is 3.86. The highest BCUT2D eigenvalue weighted by atomic mass is 16.3. The number of hydrogen-bond donors (Lipinski definition) is 3. The van der Waals surface area contributed by atoms with E-state index < -0.39 is 5.60 Å². The van der Waals surface area contributed by atoms with Gasteiger partial charge in [-0.3, -0.25) is 9.08 Å². The summed E-state index contributed by atoms with van der Waals surface area (Å²) in [5, 5.41) is 21.6. The van der Waals surface area contributed by atoms with Gasteiger partial charge in [-0.1, -0.05) is 6.07 Å². The van der Waals surface area contributed by atoms with E-state index in [2.05, 4.69) is 43.4 Å². The molecular weight excluding hydrogens is 426 g/mol. The van der Waals surface area contributed by atoms with Crippen LogP contribution in [0.15, 0.2) is 55.1 Å². The summed E-state index contributed by atoms with van der Waals surface area (Å²) in [5.74, 6) is 0.922. The van der Waals surface area contributed by atoms with Gasteiger partial charge in [-0.25, -0.2) is 9.97 Å². The second-order valence-corrected chi connectivity index (χ2v) is 10.6. The van der Waals surface area contributed by atoms with Gasteiger partial charge in [0.2, 0.25) is 0 Å². The van der Waals surface area contributed by atoms with Crippen LogP contribution in [0, 0.1) is 5.41 Å². The van der Waals surface area contributed by atoms with Crippen LogP contribution in [0.3, 0.4) is 0 Å². The molecule has 2 fully saturated rings. The van der Waals surface area contributed by atoms with Gasteiger partial charge in [-0.15, -0.1) is 0 Å². The van der Waals surface area contributed by atoms with Crippen molar-refractivity contribution in [3.63, 3.8) is 0 Å². The highest BCUT2D eigenvalue weighted by Crippen LogP contribution is 2.42. The number of hydrogen-bond acceptors (Lipinski definition) is 6. The van der Waals surface area contributed by atoms with Gasteiger partial charge in [0.05, 0.1) is 35.9 Å². The van der Waals surface area contributed by atoms with Gasteiger partial charge in [0.15, 0.2) is 0 Å². The minimum atomic E-state index is -0.816. The largest absolute Gasteiger partial charge is 0.389 e. The Labute approximate surface area is 199 Å². The van der Waals surface area contributed by atoms with Crippen molar-refractivity contribution >= 4 is 11.5 Å². The number of rotatable bonds is 6. The zero-order chi connectivity index (χ0) is 23.3. The molecule has 2 aliphatic rings. The summed E-state index contributed by atoms with van der Waals surface area (Å²) in [6.07, 6.45) is 11.5. The highest BCUT2D eigenvalue weighted by molar-refractivity contribution is 5.67. The van der Waals surface area contributed by atoms with Crippen molar-refractivity contribution in [1.82, 2.24) is 29.5 Å². The lowest BCUT2D eigenvalue weighted by molar-refractivity contribution is 0.0577. The molecule has 1 aliphatic carbocycles. The van der Waals surface area contributed by atoms with Crippen LogP contribution >= 0.6 is 0 Å². The maximum atomic E-state index is 10.1. The van der Waals surface area contributed by atoms with Gasteiger partial charge in [-0.2, -0.15) is 5.10 Å². The number of nitrogens with zero attached hydrogens (tertiary/aromatic N) is 5. The van der Waals surface area contributed by atoms with E-state index >= 15 is 0 Å². The Bertz CT molecular complexity index is 1330. The Kier molecular flexibility index (Phi) is 4.97. The molecule has 4 aromatic heterocycles. The Balaban J connectivity index is 1.26. The predicted molar refractivity (Wildman–Crippen MR) is 133 cm³/mol. The van der Waals surface area contributed by atoms with E-state index in [1.807, 2.05) is 36.8 Å². The average Bonchev–Trinajstić information content (AvgIpc) is 3.50. The Morgan fingerprint density at radius 3 is 2.79 bits per heavy atom. The van der Waals surface area contributed by atoms with Crippen molar-refractivity contribution in [1.29, 1.82) is 0 Å². The van der Waals surface area contributed by atoms with Crippen molar-refractivity contribution in [3.05, 3.63) is 55.1 Å². The molecule has 0 radical (unpaired) electrons. The molecule has 6 rings (SSSR count). The number of anilines is 1. The summed E-state index contributed by atoms with van der Waals surface area (Å²) >= 11 is 0. The van der Waals surface area contributed by atoms with E-state index in [1.54, 1.807) is 18.5 Å². The Morgan fingerprint density at radius 2 is 2.03 bits per heavy atom. The molecule has 1 atom stereocenters. The summed E-state index contributed by atoms with van der Waals surface area (Å²) in [4.78, 5) is 9.53. The topological polar surface area (TPSA) is 92.3 Å². The monoisotopic (exact) mass is 457 g/mol. The summed E-state index contributed by atoms with van der Waals surface area (Å²) in [5.41, 5.74) is 4.44. The average molecular weight is 458 g/mol. The first kappa shape index (κ1) is 21.3. The van der Waals surface area contributed by atoms with E-state index in [4.69, 9.17) is 4.98 Å². The molecule has 1 saturated carbocycles. The van der Waals surface area contributed by atoms with Gasteiger partial charge >= 0.3 is 0 Å². The fourth-order valence-electron chi connectivity index (χ4n) is 5.33. The highest BCUT2D eigenvalue weighted by Gasteiger charge is 2.43. The quantitative estimate of drug-likeness (QED) is 0.410. The molecule has 3 N–H and O–H groups in total. The second kappa shape index (κ2) is 7.92. The molecule has 8 heteroatoms. The van der Waals surface area contributed by atoms with Crippen molar-refractivity contribution in [2.45, 2.75) is 51.3 Å². The second-order valence-electron chi connectivity index (χ2n) is 10.6. The number of nitrogens with one attached hydrogen (secondary N) is 2. The first-order valence-electron chi connectivity index (χ1n) is 12.0. The van der Waals surface area contributed by atoms with Crippen LogP contribution < -0.4 is 10.6 Å². The van der Waals surface area contributed by atoms with Gasteiger partial charge in [0, 0.05) is 42.7 Å². The van der Waals surface area contributed by atoms with Gasteiger partial charge in [0.25, 0.3) is 0 Å². The van der Waals surface area contributed by atoms with Gasteiger partial charge in [-0.05, 0) is 62.8 Å². The van der Waals surface area contributed by atoms with Crippen molar-refractivity contribution in [3.8, 4) is 22.5 Å². The fraction of sp³-hybridized carbons (Fsp3) is 0.423. The molecule has 5 heterocycles. The number of imidazole rings is 1. The SMILES string of the molecule is CC(C)(O)Cn1cc(-c2ccc3ncc(-c4cccc(NC5CCC6(CNC6)C5)n4)n3c2)cn1. The van der Waals surface area contributed by atoms with Crippen molar-refractivity contribution in [2.75, 3.05) is 18.4 Å². The van der Waals surface area contributed by atoms with Gasteiger partial charge in [0.1, 0.15) is 11.5 Å². The van der Waals surface area contributed by atoms with Crippen LogP contribution in [0.25, 0.3) is 28.2 Å². The molecule has 0 amide bonds. The van der Waals surface area contributed by atoms with Crippen molar-refractivity contribution < 1.29 is 5.11 Å². The van der Waals surface area contributed by atoms with Crippen LogP contribution in [0.2, 0.25) is 0 Å². The molecule has 1 saturated heterocycles. The maximum absolute atomic E-state index is 10.1. The molecule has 0 aromatic carbocycles. The molecular formula is C26H31N7O. The Hall–Kier alpha value is -3.23. The van der Waals surface area contributed by atoms with Crippen LogP contribution in [0.1, 0.15) is 33.1 Å². The van der Waals surface area contributed by atoms with Crippen LogP contribution in [-0.2, 0) is 6.54 Å². The summed E-state index contributed by atoms with van der Waals surface area (Å²) in [6.45, 7) is 6.31. The molecule has 176 valence electrons. The molecule has 34 heavy (non-hydrogen) atoms. The number of pyridine rings is 2. The third-order valence-electron chi connectivity index (χ3n) is 7.09. The molecule has 0 bridgehead atoms. The first-order chi connectivity index (χ1) is 16.4. The minimum absolute atomic E-state index is 0.438. The molecule has 1 unspecified atom stereocenters. The minimum Gasteiger partial charge on any atom is -0.389 e. The number of aromatic nitrogens is 5. The third kappa shape index (κ3) is 4.08. The predicted octanol–water partition coefficient (Wildman–Crippen LogP) is 3.58. The molecule has 1 spiro atoms. The molecule has 8 nitrogen and oxygen atoms in total. The lowest BCUT2D eigenvalue weighted by Gasteiger charge is -2.39. The normalized spacial score (nSPS) is 19.6. The van der Waals surface area contributed by atoms with Crippen LogP contribution in [0.4, 0.5) is 5.82 Å². The van der Waals surface area contributed by atoms with Gasteiger partial charge < -0.3 is 15.7 Å². The molecule has 1 aliphatic heterocycles. The van der Waals surface area contributed by atoms with E-state index in [0.29, 0.717) is 18.0 Å². The smallest absolute Gasteiger partial charge is 0.137 e. The zero-order valence-electron chi connectivity index (χ0n) is 19.7. The van der Waals surface area contributed by atoms with E-state index in [-0.39, 0.29) is 0 Å². The molecule has 4 aromatic rings.